The molecule has 0 radical (unpaired) electrons. The van der Waals surface area contributed by atoms with Crippen LogP contribution in [0.1, 0.15) is 6.92 Å². The Bertz CT molecular complexity index is 193. The second-order valence-corrected chi connectivity index (χ2v) is 1.72. The summed E-state index contributed by atoms with van der Waals surface area (Å²) in [6, 6.07) is 0. The molecule has 0 fully saturated rings. The molecule has 0 bridgehead atoms. The van der Waals surface area contributed by atoms with Gasteiger partial charge in [-0.15, -0.1) is 0 Å². The zero-order valence-electron chi connectivity index (χ0n) is 7.02. The number of carbonyl (C=O) groups is 3. The van der Waals surface area contributed by atoms with Crippen LogP contribution in [0.5, 0.6) is 0 Å². The summed E-state index contributed by atoms with van der Waals surface area (Å²) in [5.74, 6) is -2.70. The zero-order chi connectivity index (χ0) is 10.9. The molecule has 0 saturated heterocycles. The third kappa shape index (κ3) is 25.4. The maximum absolute atomic E-state index is 9.86. The van der Waals surface area contributed by atoms with Crippen LogP contribution in [0.25, 0.3) is 0 Å². The molecule has 0 saturated carbocycles. The summed E-state index contributed by atoms with van der Waals surface area (Å²) in [6.07, 6.45) is 0.833. The smallest absolute Gasteiger partial charge is 0.341 e. The van der Waals surface area contributed by atoms with Gasteiger partial charge in [-0.05, 0) is 0 Å². The van der Waals surface area contributed by atoms with Gasteiger partial charge in [0.25, 0.3) is 0 Å². The molecule has 0 amide bonds. The van der Waals surface area contributed by atoms with Gasteiger partial charge in [-0.25, -0.2) is 9.59 Å². The van der Waals surface area contributed by atoms with Crippen LogP contribution in [-0.4, -0.2) is 34.7 Å². The molecule has 0 heterocycles. The van der Waals surface area contributed by atoms with E-state index in [1.165, 1.54) is 0 Å². The highest BCUT2D eigenvalue weighted by atomic mass is 16.5. The third-order valence-electron chi connectivity index (χ3n) is 0.574. The van der Waals surface area contributed by atoms with Crippen molar-refractivity contribution in [2.45, 2.75) is 6.92 Å². The summed E-state index contributed by atoms with van der Waals surface area (Å²) >= 11 is 0. The first kappa shape index (κ1) is 13.7. The fourth-order valence-electron chi connectivity index (χ4n) is 0.163. The van der Waals surface area contributed by atoms with Crippen molar-refractivity contribution in [3.63, 3.8) is 0 Å². The monoisotopic (exact) mass is 190 g/mol. The molecule has 0 aromatic rings. The van der Waals surface area contributed by atoms with Gasteiger partial charge in [-0.3, -0.25) is 4.79 Å². The van der Waals surface area contributed by atoms with E-state index in [-0.39, 0.29) is 0 Å². The largest absolute Gasteiger partial charge is 0.479 e. The van der Waals surface area contributed by atoms with Crippen LogP contribution < -0.4 is 0 Å². The Labute approximate surface area is 74.4 Å². The first-order valence-corrected chi connectivity index (χ1v) is 3.10. The number of carbonyl (C=O) groups excluding carboxylic acids is 1. The van der Waals surface area contributed by atoms with Crippen LogP contribution in [-0.2, 0) is 19.1 Å². The van der Waals surface area contributed by atoms with Gasteiger partial charge in [0, 0.05) is 13.0 Å². The molecule has 0 spiro atoms. The second-order valence-electron chi connectivity index (χ2n) is 1.72. The van der Waals surface area contributed by atoms with Crippen molar-refractivity contribution in [2.75, 3.05) is 6.61 Å². The number of ether oxygens (including phenoxy) is 1. The van der Waals surface area contributed by atoms with E-state index >= 15 is 0 Å². The molecule has 0 aromatic carbocycles. The number of hydrogen-bond donors (Lipinski definition) is 2. The molecule has 0 atom stereocenters. The minimum Gasteiger partial charge on any atom is -0.479 e. The van der Waals surface area contributed by atoms with Gasteiger partial charge in [-0.1, -0.05) is 6.58 Å². The number of rotatable bonds is 3. The highest BCUT2D eigenvalue weighted by Gasteiger charge is 1.97. The van der Waals surface area contributed by atoms with Crippen molar-refractivity contribution in [1.82, 2.24) is 0 Å². The summed E-state index contributed by atoms with van der Waals surface area (Å²) < 4.78 is 4.06. The van der Waals surface area contributed by atoms with E-state index in [0.717, 1.165) is 13.0 Å². The van der Waals surface area contributed by atoms with E-state index in [0.29, 0.717) is 0 Å². The molecule has 6 heteroatoms. The molecule has 0 unspecified atom stereocenters. The molecule has 13 heavy (non-hydrogen) atoms. The molecule has 0 aliphatic heterocycles. The Morgan fingerprint density at radius 2 is 1.77 bits per heavy atom. The molecule has 0 aliphatic carbocycles. The molecule has 74 valence electrons. The first-order chi connectivity index (χ1) is 5.90. The lowest BCUT2D eigenvalue weighted by atomic mass is 10.7. The Balaban J connectivity index is 0. The fraction of sp³-hybridized carbons (Fsp3) is 0.286. The molecule has 0 aliphatic rings. The number of aliphatic carboxylic acids is 2. The Morgan fingerprint density at radius 1 is 1.38 bits per heavy atom. The average molecular weight is 190 g/mol. The van der Waals surface area contributed by atoms with Crippen molar-refractivity contribution in [3.05, 3.63) is 12.7 Å². The van der Waals surface area contributed by atoms with Gasteiger partial charge >= 0.3 is 17.9 Å². The van der Waals surface area contributed by atoms with E-state index in [4.69, 9.17) is 10.2 Å². The minimum absolute atomic E-state index is 0.546. The summed E-state index contributed by atoms with van der Waals surface area (Å²) in [5, 5.41) is 15.5. The minimum atomic E-state index is -1.14. The Hall–Kier alpha value is -1.85. The first-order valence-electron chi connectivity index (χ1n) is 3.10. The summed E-state index contributed by atoms with van der Waals surface area (Å²) in [6.45, 7) is 3.57. The Morgan fingerprint density at radius 3 is 1.85 bits per heavy atom. The summed E-state index contributed by atoms with van der Waals surface area (Å²) in [7, 11) is 0. The lowest BCUT2D eigenvalue weighted by molar-refractivity contribution is -0.153. The number of esters is 1. The molecule has 6 nitrogen and oxygen atoms in total. The number of carboxylic acid groups (broad SMARTS) is 2. The highest BCUT2D eigenvalue weighted by Crippen LogP contribution is 1.73. The zero-order valence-corrected chi connectivity index (χ0v) is 7.02. The number of hydrogen-bond acceptors (Lipinski definition) is 4. The predicted molar refractivity (Wildman–Crippen MR) is 42.1 cm³/mol. The van der Waals surface area contributed by atoms with Crippen LogP contribution in [0, 0.1) is 0 Å². The van der Waals surface area contributed by atoms with Crippen molar-refractivity contribution in [3.8, 4) is 0 Å². The normalized spacial score (nSPS) is 7.46. The van der Waals surface area contributed by atoms with Crippen LogP contribution in [0.2, 0.25) is 0 Å². The fourth-order valence-corrected chi connectivity index (χ4v) is 0.163. The molecule has 0 rings (SSSR count). The quantitative estimate of drug-likeness (QED) is 0.475. The van der Waals surface area contributed by atoms with Crippen molar-refractivity contribution >= 4 is 17.9 Å². The standard InChI is InChI=1S/C4H6O4.C3H4O2/c1-3(5)8-2-4(6)7;1-2-3(4)5/h2H2,1H3,(H,6,7);2H,1H2,(H,4,5). The van der Waals surface area contributed by atoms with E-state index in [1.54, 1.807) is 0 Å². The summed E-state index contributed by atoms with van der Waals surface area (Å²) in [5.41, 5.74) is 0. The van der Waals surface area contributed by atoms with Gasteiger partial charge < -0.3 is 14.9 Å². The van der Waals surface area contributed by atoms with Gasteiger partial charge in [0.15, 0.2) is 6.61 Å². The highest BCUT2D eigenvalue weighted by molar-refractivity contribution is 5.78. The van der Waals surface area contributed by atoms with Crippen LogP contribution in [0.15, 0.2) is 12.7 Å². The van der Waals surface area contributed by atoms with E-state index in [9.17, 15) is 14.4 Å². The average Bonchev–Trinajstić information content (AvgIpc) is 2.02. The molecule has 0 aromatic heterocycles. The van der Waals surface area contributed by atoms with Crippen LogP contribution >= 0.6 is 0 Å². The van der Waals surface area contributed by atoms with Crippen molar-refractivity contribution in [2.24, 2.45) is 0 Å². The van der Waals surface area contributed by atoms with Crippen LogP contribution in [0.4, 0.5) is 0 Å². The Kier molecular flexibility index (Phi) is 8.71. The summed E-state index contributed by atoms with van der Waals surface area (Å²) in [4.78, 5) is 28.7. The van der Waals surface area contributed by atoms with Gasteiger partial charge in [0.05, 0.1) is 0 Å². The van der Waals surface area contributed by atoms with E-state index in [1.807, 2.05) is 0 Å². The topological polar surface area (TPSA) is 101 Å². The van der Waals surface area contributed by atoms with E-state index < -0.39 is 24.5 Å². The maximum atomic E-state index is 9.86. The molecular formula is C7H10O6. The van der Waals surface area contributed by atoms with Gasteiger partial charge in [-0.2, -0.15) is 0 Å². The maximum Gasteiger partial charge on any atom is 0.341 e. The van der Waals surface area contributed by atoms with Crippen molar-refractivity contribution in [1.29, 1.82) is 0 Å². The van der Waals surface area contributed by atoms with Crippen LogP contribution in [0.3, 0.4) is 0 Å². The molecule has 2 N–H and O–H groups in total. The lowest BCUT2D eigenvalue weighted by Crippen LogP contribution is -2.09. The lowest BCUT2D eigenvalue weighted by Gasteiger charge is -1.92. The SMILES string of the molecule is C=CC(=O)O.CC(=O)OCC(=O)O. The van der Waals surface area contributed by atoms with Gasteiger partial charge in [0.1, 0.15) is 0 Å². The van der Waals surface area contributed by atoms with E-state index in [2.05, 4.69) is 11.3 Å². The second kappa shape index (κ2) is 8.25. The van der Waals surface area contributed by atoms with Crippen molar-refractivity contribution < 1.29 is 29.3 Å². The van der Waals surface area contributed by atoms with Gasteiger partial charge in [0.2, 0.25) is 0 Å². The number of carboxylic acids is 2. The molecular weight excluding hydrogens is 180 g/mol. The third-order valence-corrected chi connectivity index (χ3v) is 0.574. The predicted octanol–water partition coefficient (Wildman–Crippen LogP) is -0.109.